The first-order chi connectivity index (χ1) is 15.5. The highest BCUT2D eigenvalue weighted by atomic mass is 16.5. The Labute approximate surface area is 183 Å². The molecule has 32 heavy (non-hydrogen) atoms. The lowest BCUT2D eigenvalue weighted by molar-refractivity contribution is -0.120. The number of benzene rings is 1. The number of anilines is 1. The molecule has 3 aromatic heterocycles. The normalized spacial score (nSPS) is 10.8. The molecule has 1 amide bonds. The molecule has 0 unspecified atom stereocenters. The molecule has 0 radical (unpaired) electrons. The van der Waals surface area contributed by atoms with Gasteiger partial charge in [0, 0.05) is 42.7 Å². The molecule has 0 saturated carbocycles. The second-order valence-electron chi connectivity index (χ2n) is 7.05. The molecule has 164 valence electrons. The van der Waals surface area contributed by atoms with Crippen molar-refractivity contribution in [1.29, 1.82) is 0 Å². The fraction of sp³-hybridized carbons (Fsp3) is 0.217. The Morgan fingerprint density at radius 3 is 2.56 bits per heavy atom. The van der Waals surface area contributed by atoms with Gasteiger partial charge < -0.3 is 24.2 Å². The number of methoxy groups -OCH3 is 1. The zero-order valence-corrected chi connectivity index (χ0v) is 17.7. The molecule has 4 rings (SSSR count). The quantitative estimate of drug-likeness (QED) is 0.406. The average Bonchev–Trinajstić information content (AvgIpc) is 3.15. The van der Waals surface area contributed by atoms with Crippen molar-refractivity contribution in [2.75, 3.05) is 25.5 Å². The van der Waals surface area contributed by atoms with Gasteiger partial charge in [0.05, 0.1) is 13.5 Å². The number of carbonyl (C=O) groups excluding carboxylic acids is 1. The number of aryl methyl sites for hydroxylation is 1. The number of amides is 1. The van der Waals surface area contributed by atoms with Gasteiger partial charge in [-0.05, 0) is 37.3 Å². The van der Waals surface area contributed by atoms with E-state index in [0.717, 1.165) is 5.56 Å². The number of aromatic nitrogens is 2. The lowest BCUT2D eigenvalue weighted by Gasteiger charge is -2.07. The highest BCUT2D eigenvalue weighted by Gasteiger charge is 2.22. The van der Waals surface area contributed by atoms with Gasteiger partial charge in [0.15, 0.2) is 0 Å². The summed E-state index contributed by atoms with van der Waals surface area (Å²) in [6.45, 7) is 2.49. The van der Waals surface area contributed by atoms with Gasteiger partial charge in [-0.15, -0.1) is 0 Å². The Morgan fingerprint density at radius 1 is 1.09 bits per heavy atom. The first kappa shape index (κ1) is 21.1. The van der Waals surface area contributed by atoms with E-state index >= 15 is 0 Å². The second kappa shape index (κ2) is 9.34. The van der Waals surface area contributed by atoms with Gasteiger partial charge in [0.1, 0.15) is 28.2 Å². The SMILES string of the molecule is COc1ccc(-c2oc3cc(C)oc(=O)c3c2CC(=O)NCCNc2ncccn2)cc1. The van der Waals surface area contributed by atoms with Crippen molar-refractivity contribution in [2.24, 2.45) is 0 Å². The predicted molar refractivity (Wildman–Crippen MR) is 119 cm³/mol. The maximum Gasteiger partial charge on any atom is 0.347 e. The van der Waals surface area contributed by atoms with Crippen LogP contribution in [0.25, 0.3) is 22.3 Å². The van der Waals surface area contributed by atoms with Crippen LogP contribution in [0.4, 0.5) is 5.95 Å². The van der Waals surface area contributed by atoms with E-state index in [9.17, 15) is 9.59 Å². The van der Waals surface area contributed by atoms with Gasteiger partial charge >= 0.3 is 5.63 Å². The molecule has 0 spiro atoms. The summed E-state index contributed by atoms with van der Waals surface area (Å²) in [5.74, 6) is 1.80. The third-order valence-corrected chi connectivity index (χ3v) is 4.81. The Morgan fingerprint density at radius 2 is 1.84 bits per heavy atom. The number of nitrogens with zero attached hydrogens (tertiary/aromatic N) is 2. The van der Waals surface area contributed by atoms with Crippen LogP contribution >= 0.6 is 0 Å². The van der Waals surface area contributed by atoms with Crippen molar-refractivity contribution in [3.63, 3.8) is 0 Å². The number of furan rings is 1. The standard InChI is InChI=1S/C23H22N4O5/c1-14-12-18-20(22(29)31-14)17(21(32-18)15-4-6-16(30-2)7-5-15)13-19(28)24-10-11-27-23-25-8-3-9-26-23/h3-9,12H,10-11,13H2,1-2H3,(H,24,28)(H,25,26,27). The van der Waals surface area contributed by atoms with Crippen molar-refractivity contribution in [3.8, 4) is 17.1 Å². The van der Waals surface area contributed by atoms with Crippen LogP contribution in [0.1, 0.15) is 11.3 Å². The van der Waals surface area contributed by atoms with E-state index in [-0.39, 0.29) is 17.7 Å². The molecule has 0 saturated heterocycles. The van der Waals surface area contributed by atoms with Crippen LogP contribution < -0.4 is 21.0 Å². The summed E-state index contributed by atoms with van der Waals surface area (Å²) in [6, 6.07) is 10.6. The van der Waals surface area contributed by atoms with E-state index in [1.807, 2.05) is 12.1 Å². The number of nitrogens with one attached hydrogen (secondary N) is 2. The topological polar surface area (TPSA) is 119 Å². The molecular weight excluding hydrogens is 412 g/mol. The molecule has 4 aromatic rings. The van der Waals surface area contributed by atoms with Crippen LogP contribution in [0, 0.1) is 6.92 Å². The zero-order chi connectivity index (χ0) is 22.5. The minimum atomic E-state index is -0.533. The van der Waals surface area contributed by atoms with E-state index < -0.39 is 5.63 Å². The number of hydrogen-bond acceptors (Lipinski definition) is 8. The summed E-state index contributed by atoms with van der Waals surface area (Å²) in [7, 11) is 1.58. The Balaban J connectivity index is 1.55. The van der Waals surface area contributed by atoms with E-state index in [1.165, 1.54) is 0 Å². The summed E-state index contributed by atoms with van der Waals surface area (Å²) >= 11 is 0. The molecule has 0 aliphatic carbocycles. The van der Waals surface area contributed by atoms with E-state index in [0.29, 0.717) is 47.5 Å². The van der Waals surface area contributed by atoms with Crippen molar-refractivity contribution < 1.29 is 18.4 Å². The van der Waals surface area contributed by atoms with Gasteiger partial charge in [-0.2, -0.15) is 0 Å². The number of rotatable bonds is 8. The zero-order valence-electron chi connectivity index (χ0n) is 17.7. The Hall–Kier alpha value is -4.14. The maximum absolute atomic E-state index is 12.7. The van der Waals surface area contributed by atoms with Crippen LogP contribution in [-0.2, 0) is 11.2 Å². The monoisotopic (exact) mass is 434 g/mol. The van der Waals surface area contributed by atoms with Gasteiger partial charge in [-0.1, -0.05) is 0 Å². The number of carbonyl (C=O) groups is 1. The van der Waals surface area contributed by atoms with Crippen LogP contribution in [-0.4, -0.2) is 36.1 Å². The number of ether oxygens (including phenoxy) is 1. The lowest BCUT2D eigenvalue weighted by Crippen LogP contribution is -2.30. The molecule has 0 fully saturated rings. The van der Waals surface area contributed by atoms with Crippen molar-refractivity contribution >= 4 is 22.8 Å². The first-order valence-electron chi connectivity index (χ1n) is 10.0. The first-order valence-corrected chi connectivity index (χ1v) is 10.0. The second-order valence-corrected chi connectivity index (χ2v) is 7.05. The summed E-state index contributed by atoms with van der Waals surface area (Å²) < 4.78 is 16.5. The van der Waals surface area contributed by atoms with Gasteiger partial charge in [-0.25, -0.2) is 14.8 Å². The van der Waals surface area contributed by atoms with Crippen LogP contribution in [0.2, 0.25) is 0 Å². The van der Waals surface area contributed by atoms with E-state index in [1.54, 1.807) is 50.7 Å². The van der Waals surface area contributed by atoms with Crippen molar-refractivity contribution in [2.45, 2.75) is 13.3 Å². The minimum Gasteiger partial charge on any atom is -0.497 e. The molecule has 0 aliphatic heterocycles. The molecule has 2 N–H and O–H groups in total. The molecule has 0 bridgehead atoms. The van der Waals surface area contributed by atoms with Crippen LogP contribution in [0.3, 0.4) is 0 Å². The van der Waals surface area contributed by atoms with Crippen LogP contribution in [0.5, 0.6) is 5.75 Å². The highest BCUT2D eigenvalue weighted by Crippen LogP contribution is 2.33. The van der Waals surface area contributed by atoms with E-state index in [2.05, 4.69) is 20.6 Å². The van der Waals surface area contributed by atoms with Gasteiger partial charge in [0.25, 0.3) is 0 Å². The summed E-state index contributed by atoms with van der Waals surface area (Å²) in [5.41, 5.74) is 1.06. The number of hydrogen-bond donors (Lipinski definition) is 2. The maximum atomic E-state index is 12.7. The molecule has 0 aliphatic rings. The third-order valence-electron chi connectivity index (χ3n) is 4.81. The highest BCUT2D eigenvalue weighted by molar-refractivity contribution is 5.92. The fourth-order valence-corrected chi connectivity index (χ4v) is 3.36. The minimum absolute atomic E-state index is 0.0377. The van der Waals surface area contributed by atoms with Crippen molar-refractivity contribution in [3.05, 3.63) is 70.5 Å². The number of fused-ring (bicyclic) bond motifs is 1. The molecule has 9 nitrogen and oxygen atoms in total. The van der Waals surface area contributed by atoms with Crippen molar-refractivity contribution in [1.82, 2.24) is 15.3 Å². The summed E-state index contributed by atoms with van der Waals surface area (Å²) in [6.07, 6.45) is 3.22. The average molecular weight is 434 g/mol. The summed E-state index contributed by atoms with van der Waals surface area (Å²) in [4.78, 5) is 33.4. The van der Waals surface area contributed by atoms with Crippen LogP contribution in [0.15, 0.2) is 62.4 Å². The molecule has 9 heteroatoms. The Bertz CT molecular complexity index is 1280. The van der Waals surface area contributed by atoms with Gasteiger partial charge in [0.2, 0.25) is 11.9 Å². The smallest absolute Gasteiger partial charge is 0.347 e. The third kappa shape index (κ3) is 4.61. The fourth-order valence-electron chi connectivity index (χ4n) is 3.36. The molecule has 0 atom stereocenters. The molecule has 1 aromatic carbocycles. The van der Waals surface area contributed by atoms with E-state index in [4.69, 9.17) is 13.6 Å². The largest absolute Gasteiger partial charge is 0.497 e. The van der Waals surface area contributed by atoms with Gasteiger partial charge in [-0.3, -0.25) is 4.79 Å². The Kier molecular flexibility index (Phi) is 6.16. The molecule has 3 heterocycles. The summed E-state index contributed by atoms with van der Waals surface area (Å²) in [5, 5.41) is 6.12. The molecular formula is C23H22N4O5. The predicted octanol–water partition coefficient (Wildman–Crippen LogP) is 2.93. The lowest BCUT2D eigenvalue weighted by atomic mass is 10.0.